The number of amides is 1. The Morgan fingerprint density at radius 1 is 0.960 bits per heavy atom. The first-order valence-electron chi connectivity index (χ1n) is 8.11. The summed E-state index contributed by atoms with van der Waals surface area (Å²) < 4.78 is 5.61. The van der Waals surface area contributed by atoms with Crippen molar-refractivity contribution in [2.75, 3.05) is 5.32 Å². The van der Waals surface area contributed by atoms with Crippen molar-refractivity contribution in [3.8, 4) is 11.6 Å². The number of aryl methyl sites for hydroxylation is 2. The molecule has 0 saturated heterocycles. The van der Waals surface area contributed by atoms with E-state index in [2.05, 4.69) is 15.5 Å². The molecule has 0 fully saturated rings. The number of nitrogens with one attached hydrogen (secondary N) is 1. The third kappa shape index (κ3) is 5.14. The van der Waals surface area contributed by atoms with Gasteiger partial charge < -0.3 is 10.1 Å². The molecule has 0 aliphatic rings. The number of ether oxygens (including phenoxy) is 1. The molecule has 0 radical (unpaired) electrons. The molecular formula is C20H19N3O2. The number of nitrogens with zero attached hydrogens (tertiary/aromatic N) is 2. The monoisotopic (exact) mass is 333 g/mol. The van der Waals surface area contributed by atoms with E-state index in [0.29, 0.717) is 18.1 Å². The third-order valence-electron chi connectivity index (χ3n) is 3.62. The zero-order valence-corrected chi connectivity index (χ0v) is 14.0. The second kappa shape index (κ2) is 8.06. The molecule has 5 heteroatoms. The number of hydrogen-bond acceptors (Lipinski definition) is 4. The molecule has 126 valence electrons. The van der Waals surface area contributed by atoms with Gasteiger partial charge in [-0.25, -0.2) is 0 Å². The largest absolute Gasteiger partial charge is 0.438 e. The van der Waals surface area contributed by atoms with Crippen LogP contribution >= 0.6 is 0 Å². The molecule has 2 aromatic carbocycles. The molecule has 3 aromatic rings. The van der Waals surface area contributed by atoms with Gasteiger partial charge in [-0.3, -0.25) is 4.79 Å². The summed E-state index contributed by atoms with van der Waals surface area (Å²) in [5, 5.41) is 10.8. The van der Waals surface area contributed by atoms with Gasteiger partial charge in [0.25, 0.3) is 0 Å². The van der Waals surface area contributed by atoms with Gasteiger partial charge in [0.2, 0.25) is 11.8 Å². The lowest BCUT2D eigenvalue weighted by Crippen LogP contribution is -2.12. The fraction of sp³-hybridized carbons (Fsp3) is 0.150. The summed E-state index contributed by atoms with van der Waals surface area (Å²) in [6, 6.07) is 20.7. The summed E-state index contributed by atoms with van der Waals surface area (Å²) in [6.07, 6.45) is 1.17. The standard InChI is InChI=1S/C20H19N3O2/c1-15-7-14-20(23-22-15)25-18-11-9-17(10-12-18)21-19(24)13-8-16-5-3-2-4-6-16/h2-7,9-12,14H,8,13H2,1H3,(H,21,24). The van der Waals surface area contributed by atoms with Crippen molar-refractivity contribution in [1.82, 2.24) is 10.2 Å². The lowest BCUT2D eigenvalue weighted by molar-refractivity contribution is -0.116. The molecular weight excluding hydrogens is 314 g/mol. The van der Waals surface area contributed by atoms with Crippen LogP contribution in [0.1, 0.15) is 17.7 Å². The topological polar surface area (TPSA) is 64.1 Å². The molecule has 0 spiro atoms. The van der Waals surface area contributed by atoms with E-state index in [4.69, 9.17) is 4.74 Å². The number of hydrogen-bond donors (Lipinski definition) is 1. The Balaban J connectivity index is 1.51. The number of carbonyl (C=O) groups is 1. The van der Waals surface area contributed by atoms with Crippen LogP contribution in [0.5, 0.6) is 11.6 Å². The maximum atomic E-state index is 12.0. The Morgan fingerprint density at radius 2 is 1.72 bits per heavy atom. The second-order valence-corrected chi connectivity index (χ2v) is 5.67. The van der Waals surface area contributed by atoms with Gasteiger partial charge in [0.05, 0.1) is 5.69 Å². The van der Waals surface area contributed by atoms with E-state index in [9.17, 15) is 4.79 Å². The summed E-state index contributed by atoms with van der Waals surface area (Å²) in [4.78, 5) is 12.0. The molecule has 3 rings (SSSR count). The van der Waals surface area contributed by atoms with Crippen molar-refractivity contribution in [3.05, 3.63) is 78.0 Å². The Kier molecular flexibility index (Phi) is 5.36. The fourth-order valence-electron chi connectivity index (χ4n) is 2.29. The summed E-state index contributed by atoms with van der Waals surface area (Å²) in [6.45, 7) is 1.87. The van der Waals surface area contributed by atoms with Crippen molar-refractivity contribution >= 4 is 11.6 Å². The van der Waals surface area contributed by atoms with E-state index in [1.54, 1.807) is 30.3 Å². The van der Waals surface area contributed by atoms with Crippen molar-refractivity contribution < 1.29 is 9.53 Å². The molecule has 0 aliphatic carbocycles. The molecule has 1 heterocycles. The molecule has 25 heavy (non-hydrogen) atoms. The number of anilines is 1. The molecule has 5 nitrogen and oxygen atoms in total. The predicted octanol–water partition coefficient (Wildman–Crippen LogP) is 4.15. The van der Waals surface area contributed by atoms with Crippen molar-refractivity contribution in [2.24, 2.45) is 0 Å². The number of carbonyl (C=O) groups excluding carboxylic acids is 1. The van der Waals surface area contributed by atoms with Crippen LogP contribution < -0.4 is 10.1 Å². The molecule has 0 bridgehead atoms. The van der Waals surface area contributed by atoms with Crippen LogP contribution in [0.25, 0.3) is 0 Å². The number of benzene rings is 2. The van der Waals surface area contributed by atoms with Crippen LogP contribution in [-0.4, -0.2) is 16.1 Å². The Morgan fingerprint density at radius 3 is 2.40 bits per heavy atom. The van der Waals surface area contributed by atoms with Gasteiger partial charge in [-0.15, -0.1) is 5.10 Å². The van der Waals surface area contributed by atoms with Crippen LogP contribution in [0.3, 0.4) is 0 Å². The van der Waals surface area contributed by atoms with Crippen LogP contribution in [0.2, 0.25) is 0 Å². The fourth-order valence-corrected chi connectivity index (χ4v) is 2.29. The number of aromatic nitrogens is 2. The van der Waals surface area contributed by atoms with Crippen LogP contribution in [0.15, 0.2) is 66.7 Å². The molecule has 0 aliphatic heterocycles. The molecule has 1 N–H and O–H groups in total. The van der Waals surface area contributed by atoms with E-state index in [-0.39, 0.29) is 5.91 Å². The smallest absolute Gasteiger partial charge is 0.238 e. The van der Waals surface area contributed by atoms with Gasteiger partial charge >= 0.3 is 0 Å². The van der Waals surface area contributed by atoms with Crippen LogP contribution in [0.4, 0.5) is 5.69 Å². The van der Waals surface area contributed by atoms with E-state index < -0.39 is 0 Å². The van der Waals surface area contributed by atoms with E-state index in [0.717, 1.165) is 23.4 Å². The zero-order chi connectivity index (χ0) is 17.5. The number of rotatable bonds is 6. The SMILES string of the molecule is Cc1ccc(Oc2ccc(NC(=O)CCc3ccccc3)cc2)nn1. The highest BCUT2D eigenvalue weighted by Crippen LogP contribution is 2.21. The average Bonchev–Trinajstić information content (AvgIpc) is 2.64. The van der Waals surface area contributed by atoms with Crippen molar-refractivity contribution in [3.63, 3.8) is 0 Å². The average molecular weight is 333 g/mol. The maximum Gasteiger partial charge on any atom is 0.238 e. The first-order valence-corrected chi connectivity index (χ1v) is 8.11. The van der Waals surface area contributed by atoms with E-state index in [1.165, 1.54) is 0 Å². The molecule has 0 atom stereocenters. The quantitative estimate of drug-likeness (QED) is 0.736. The van der Waals surface area contributed by atoms with Gasteiger partial charge in [-0.05, 0) is 49.2 Å². The normalized spacial score (nSPS) is 10.3. The van der Waals surface area contributed by atoms with Gasteiger partial charge in [0.1, 0.15) is 5.75 Å². The Labute approximate surface area is 146 Å². The highest BCUT2D eigenvalue weighted by atomic mass is 16.5. The predicted molar refractivity (Wildman–Crippen MR) is 96.7 cm³/mol. The van der Waals surface area contributed by atoms with E-state index in [1.807, 2.05) is 43.3 Å². The van der Waals surface area contributed by atoms with Crippen molar-refractivity contribution in [2.45, 2.75) is 19.8 Å². The Hall–Kier alpha value is -3.21. The summed E-state index contributed by atoms with van der Waals surface area (Å²) in [7, 11) is 0. The highest BCUT2D eigenvalue weighted by Gasteiger charge is 2.04. The first-order chi connectivity index (χ1) is 12.2. The molecule has 1 aromatic heterocycles. The molecule has 1 amide bonds. The summed E-state index contributed by atoms with van der Waals surface area (Å²) >= 11 is 0. The van der Waals surface area contributed by atoms with Gasteiger partial charge in [0, 0.05) is 18.2 Å². The van der Waals surface area contributed by atoms with Gasteiger partial charge in [0.15, 0.2) is 0 Å². The second-order valence-electron chi connectivity index (χ2n) is 5.67. The summed E-state index contributed by atoms with van der Waals surface area (Å²) in [5.74, 6) is 1.06. The van der Waals surface area contributed by atoms with Gasteiger partial charge in [-0.1, -0.05) is 30.3 Å². The molecule has 0 unspecified atom stereocenters. The van der Waals surface area contributed by atoms with Crippen LogP contribution in [0, 0.1) is 6.92 Å². The highest BCUT2D eigenvalue weighted by molar-refractivity contribution is 5.90. The lowest BCUT2D eigenvalue weighted by Gasteiger charge is -2.07. The van der Waals surface area contributed by atoms with Crippen LogP contribution in [-0.2, 0) is 11.2 Å². The molecule has 0 saturated carbocycles. The maximum absolute atomic E-state index is 12.0. The first kappa shape index (κ1) is 16.6. The minimum atomic E-state index is -0.0121. The summed E-state index contributed by atoms with van der Waals surface area (Å²) in [5.41, 5.74) is 2.72. The Bertz CT molecular complexity index is 816. The van der Waals surface area contributed by atoms with Crippen molar-refractivity contribution in [1.29, 1.82) is 0 Å². The van der Waals surface area contributed by atoms with Gasteiger partial charge in [-0.2, -0.15) is 5.10 Å². The van der Waals surface area contributed by atoms with E-state index >= 15 is 0 Å². The zero-order valence-electron chi connectivity index (χ0n) is 14.0. The minimum absolute atomic E-state index is 0.0121. The third-order valence-corrected chi connectivity index (χ3v) is 3.62. The minimum Gasteiger partial charge on any atom is -0.438 e. The lowest BCUT2D eigenvalue weighted by atomic mass is 10.1.